The maximum atomic E-state index is 10.8. The third-order valence-electron chi connectivity index (χ3n) is 2.38. The predicted molar refractivity (Wildman–Crippen MR) is 63.5 cm³/mol. The zero-order chi connectivity index (χ0) is 12.3. The van der Waals surface area contributed by atoms with Crippen LogP contribution < -0.4 is 0 Å². The lowest BCUT2D eigenvalue weighted by molar-refractivity contribution is -0.383. The molecule has 0 radical (unpaired) electrons. The molecule has 1 heterocycles. The molecule has 0 atom stereocenters. The van der Waals surface area contributed by atoms with Crippen molar-refractivity contribution in [1.82, 2.24) is 4.98 Å². The van der Waals surface area contributed by atoms with Crippen molar-refractivity contribution in [3.8, 4) is 0 Å². The molecule has 1 aromatic heterocycles. The zero-order valence-electron chi connectivity index (χ0n) is 8.74. The number of rotatable bonds is 3. The number of non-ortho nitro benzene ring substituents is 1. The molecular formula is C12H8N2O3. The van der Waals surface area contributed by atoms with Crippen LogP contribution in [-0.2, 0) is 4.79 Å². The summed E-state index contributed by atoms with van der Waals surface area (Å²) in [5.41, 5.74) is 0.761. The monoisotopic (exact) mass is 228 g/mol. The molecule has 5 heteroatoms. The number of carbonyl (C=O) groups is 1. The molecule has 0 N–H and O–H groups in total. The minimum atomic E-state index is -0.447. The predicted octanol–water partition coefficient (Wildman–Crippen LogP) is 2.36. The number of fused-ring (bicyclic) bond motifs is 1. The fraction of sp³-hybridized carbons (Fsp3) is 0. The molecule has 5 nitrogen and oxygen atoms in total. The second-order valence-electron chi connectivity index (χ2n) is 3.35. The average Bonchev–Trinajstić information content (AvgIpc) is 2.35. The van der Waals surface area contributed by atoms with Crippen LogP contribution in [0, 0.1) is 10.1 Å². The zero-order valence-corrected chi connectivity index (χ0v) is 8.74. The SMILES string of the molecule is O=CC=Cc1ccc([N+](=O)[O-])c2cnccc12. The number of hydrogen-bond acceptors (Lipinski definition) is 4. The first kappa shape index (κ1) is 10.9. The van der Waals surface area contributed by atoms with E-state index in [0.29, 0.717) is 17.1 Å². The van der Waals surface area contributed by atoms with E-state index in [1.54, 1.807) is 24.4 Å². The first-order valence-corrected chi connectivity index (χ1v) is 4.87. The Morgan fingerprint density at radius 2 is 2.06 bits per heavy atom. The third kappa shape index (κ3) is 2.03. The van der Waals surface area contributed by atoms with Gasteiger partial charge in [0.05, 0.1) is 10.3 Å². The Balaban J connectivity index is 2.74. The topological polar surface area (TPSA) is 73.1 Å². The Labute approximate surface area is 96.6 Å². The summed E-state index contributed by atoms with van der Waals surface area (Å²) in [7, 11) is 0. The van der Waals surface area contributed by atoms with Crippen molar-refractivity contribution in [2.24, 2.45) is 0 Å². The van der Waals surface area contributed by atoms with Gasteiger partial charge in [-0.05, 0) is 29.2 Å². The Morgan fingerprint density at radius 3 is 2.76 bits per heavy atom. The van der Waals surface area contributed by atoms with Crippen LogP contribution in [0.15, 0.2) is 36.7 Å². The summed E-state index contributed by atoms with van der Waals surface area (Å²) in [6, 6.07) is 4.71. The Kier molecular flexibility index (Phi) is 2.91. The largest absolute Gasteiger partial charge is 0.299 e. The second-order valence-corrected chi connectivity index (χ2v) is 3.35. The quantitative estimate of drug-likeness (QED) is 0.350. The van der Waals surface area contributed by atoms with Crippen LogP contribution in [-0.4, -0.2) is 16.2 Å². The van der Waals surface area contributed by atoms with Gasteiger partial charge in [0.25, 0.3) is 5.69 Å². The number of aldehydes is 1. The van der Waals surface area contributed by atoms with E-state index < -0.39 is 4.92 Å². The van der Waals surface area contributed by atoms with Gasteiger partial charge in [0.2, 0.25) is 0 Å². The average molecular weight is 228 g/mol. The van der Waals surface area contributed by atoms with Gasteiger partial charge in [0.1, 0.15) is 6.29 Å². The van der Waals surface area contributed by atoms with Crippen LogP contribution in [0.25, 0.3) is 16.8 Å². The van der Waals surface area contributed by atoms with E-state index in [-0.39, 0.29) is 5.69 Å². The number of allylic oxidation sites excluding steroid dienone is 1. The van der Waals surface area contributed by atoms with Gasteiger partial charge in [-0.2, -0.15) is 0 Å². The number of nitro benzene ring substituents is 1. The molecular weight excluding hydrogens is 220 g/mol. The van der Waals surface area contributed by atoms with Gasteiger partial charge in [-0.25, -0.2) is 0 Å². The van der Waals surface area contributed by atoms with Gasteiger partial charge in [-0.1, -0.05) is 6.08 Å². The molecule has 1 aromatic carbocycles. The minimum absolute atomic E-state index is 0.0105. The van der Waals surface area contributed by atoms with Crippen molar-refractivity contribution in [2.75, 3.05) is 0 Å². The first-order chi connectivity index (χ1) is 8.24. The van der Waals surface area contributed by atoms with Gasteiger partial charge >= 0.3 is 0 Å². The van der Waals surface area contributed by atoms with E-state index in [1.165, 1.54) is 18.3 Å². The number of aromatic nitrogens is 1. The van der Waals surface area contributed by atoms with Gasteiger partial charge < -0.3 is 0 Å². The summed E-state index contributed by atoms with van der Waals surface area (Å²) < 4.78 is 0. The van der Waals surface area contributed by atoms with Crippen molar-refractivity contribution < 1.29 is 9.72 Å². The molecule has 0 aliphatic rings. The number of carbonyl (C=O) groups excluding carboxylic acids is 1. The number of nitro groups is 1. The normalized spacial score (nSPS) is 10.8. The molecule has 0 spiro atoms. The Bertz CT molecular complexity index is 620. The van der Waals surface area contributed by atoms with Crippen molar-refractivity contribution in [1.29, 1.82) is 0 Å². The van der Waals surface area contributed by atoms with Crippen molar-refractivity contribution >= 4 is 28.8 Å². The summed E-state index contributed by atoms with van der Waals surface area (Å²) in [4.78, 5) is 24.6. The summed E-state index contributed by atoms with van der Waals surface area (Å²) in [5.74, 6) is 0. The summed E-state index contributed by atoms with van der Waals surface area (Å²) in [5, 5.41) is 12.0. The first-order valence-electron chi connectivity index (χ1n) is 4.87. The third-order valence-corrected chi connectivity index (χ3v) is 2.38. The standard InChI is InChI=1S/C12H8N2O3/c15-7-1-2-9-3-4-12(14(16)17)11-8-13-6-5-10(9)11/h1-8H. The maximum absolute atomic E-state index is 10.8. The van der Waals surface area contributed by atoms with Crippen molar-refractivity contribution in [3.63, 3.8) is 0 Å². The lowest BCUT2D eigenvalue weighted by atomic mass is 10.0. The van der Waals surface area contributed by atoms with E-state index in [0.717, 1.165) is 5.56 Å². The molecule has 0 fully saturated rings. The molecule has 2 rings (SSSR count). The summed E-state index contributed by atoms with van der Waals surface area (Å²) in [6.07, 6.45) is 6.63. The summed E-state index contributed by atoms with van der Waals surface area (Å²) >= 11 is 0. The number of benzene rings is 1. The minimum Gasteiger partial charge on any atom is -0.299 e. The highest BCUT2D eigenvalue weighted by Gasteiger charge is 2.12. The highest BCUT2D eigenvalue weighted by molar-refractivity contribution is 5.97. The number of hydrogen-bond donors (Lipinski definition) is 0. The molecule has 0 saturated heterocycles. The van der Waals surface area contributed by atoms with E-state index in [1.807, 2.05) is 0 Å². The lowest BCUT2D eigenvalue weighted by Crippen LogP contribution is -1.91. The fourth-order valence-electron chi connectivity index (χ4n) is 1.65. The van der Waals surface area contributed by atoms with Crippen LogP contribution in [0.1, 0.15) is 5.56 Å². The fourth-order valence-corrected chi connectivity index (χ4v) is 1.65. The molecule has 0 aliphatic heterocycles. The smallest absolute Gasteiger partial charge is 0.278 e. The lowest BCUT2D eigenvalue weighted by Gasteiger charge is -2.02. The van der Waals surface area contributed by atoms with Gasteiger partial charge in [0.15, 0.2) is 0 Å². The highest BCUT2D eigenvalue weighted by atomic mass is 16.6. The highest BCUT2D eigenvalue weighted by Crippen LogP contribution is 2.28. The van der Waals surface area contributed by atoms with Crippen LogP contribution in [0.5, 0.6) is 0 Å². The van der Waals surface area contributed by atoms with Crippen LogP contribution >= 0.6 is 0 Å². The molecule has 2 aromatic rings. The molecule has 0 saturated carbocycles. The molecule has 0 amide bonds. The van der Waals surface area contributed by atoms with E-state index in [4.69, 9.17) is 0 Å². The molecule has 17 heavy (non-hydrogen) atoms. The van der Waals surface area contributed by atoms with Gasteiger partial charge in [0, 0.05) is 18.5 Å². The van der Waals surface area contributed by atoms with E-state index in [2.05, 4.69) is 4.98 Å². The Hall–Kier alpha value is -2.56. The van der Waals surface area contributed by atoms with E-state index >= 15 is 0 Å². The van der Waals surface area contributed by atoms with Crippen molar-refractivity contribution in [3.05, 3.63) is 52.3 Å². The molecule has 0 bridgehead atoms. The molecule has 0 aliphatic carbocycles. The van der Waals surface area contributed by atoms with Crippen LogP contribution in [0.2, 0.25) is 0 Å². The summed E-state index contributed by atoms with van der Waals surface area (Å²) in [6.45, 7) is 0. The molecule has 84 valence electrons. The van der Waals surface area contributed by atoms with Crippen LogP contribution in [0.3, 0.4) is 0 Å². The molecule has 0 unspecified atom stereocenters. The van der Waals surface area contributed by atoms with Crippen molar-refractivity contribution in [2.45, 2.75) is 0 Å². The second kappa shape index (κ2) is 4.52. The Morgan fingerprint density at radius 1 is 1.24 bits per heavy atom. The van der Waals surface area contributed by atoms with Gasteiger partial charge in [-0.3, -0.25) is 19.9 Å². The maximum Gasteiger partial charge on any atom is 0.278 e. The number of nitrogens with zero attached hydrogens (tertiary/aromatic N) is 2. The van der Waals surface area contributed by atoms with E-state index in [9.17, 15) is 14.9 Å². The van der Waals surface area contributed by atoms with Gasteiger partial charge in [-0.15, -0.1) is 0 Å². The van der Waals surface area contributed by atoms with Crippen LogP contribution in [0.4, 0.5) is 5.69 Å². The number of pyridine rings is 1.